The Morgan fingerprint density at radius 2 is 1.92 bits per heavy atom. The summed E-state index contributed by atoms with van der Waals surface area (Å²) in [6.45, 7) is 3.11. The molecule has 0 radical (unpaired) electrons. The van der Waals surface area contributed by atoms with Crippen LogP contribution in [0.3, 0.4) is 0 Å². The number of nitrogens with one attached hydrogen (secondary N) is 2. The fourth-order valence-corrected chi connectivity index (χ4v) is 2.84. The Bertz CT molecular complexity index is 986. The Kier molecular flexibility index (Phi) is 5.65. The molecule has 2 aromatic carbocycles. The third-order valence-electron chi connectivity index (χ3n) is 4.00. The number of carbonyl (C=O) groups is 1. The third-order valence-corrected chi connectivity index (χ3v) is 4.33. The van der Waals surface area contributed by atoms with Gasteiger partial charge in [-0.05, 0) is 30.8 Å². The third kappa shape index (κ3) is 4.28. The second-order valence-corrected chi connectivity index (χ2v) is 6.27. The van der Waals surface area contributed by atoms with Gasteiger partial charge in [0.1, 0.15) is 5.82 Å². The quantitative estimate of drug-likeness (QED) is 0.699. The van der Waals surface area contributed by atoms with Gasteiger partial charge in [-0.15, -0.1) is 0 Å². The van der Waals surface area contributed by atoms with Gasteiger partial charge in [-0.1, -0.05) is 42.8 Å². The molecule has 0 saturated heterocycles. The molecular formula is C19H19ClN4O2. The molecule has 134 valence electrons. The summed E-state index contributed by atoms with van der Waals surface area (Å²) in [5, 5.41) is 3.84. The van der Waals surface area contributed by atoms with Crippen LogP contribution in [0.25, 0.3) is 10.9 Å². The second-order valence-electron chi connectivity index (χ2n) is 5.86. The summed E-state index contributed by atoms with van der Waals surface area (Å²) in [6.07, 6.45) is 0. The number of rotatable bonds is 6. The van der Waals surface area contributed by atoms with Crippen LogP contribution < -0.4 is 10.9 Å². The summed E-state index contributed by atoms with van der Waals surface area (Å²) in [5.41, 5.74) is 1.04. The molecule has 0 fully saturated rings. The lowest BCUT2D eigenvalue weighted by Gasteiger charge is -2.19. The van der Waals surface area contributed by atoms with Crippen LogP contribution in [0.2, 0.25) is 5.02 Å². The van der Waals surface area contributed by atoms with Crippen LogP contribution in [0, 0.1) is 0 Å². The first-order valence-electron chi connectivity index (χ1n) is 8.31. The van der Waals surface area contributed by atoms with Gasteiger partial charge in [0.2, 0.25) is 5.91 Å². The van der Waals surface area contributed by atoms with Gasteiger partial charge in [0, 0.05) is 0 Å². The first-order chi connectivity index (χ1) is 12.6. The van der Waals surface area contributed by atoms with Gasteiger partial charge in [-0.25, -0.2) is 4.98 Å². The minimum atomic E-state index is -0.179. The summed E-state index contributed by atoms with van der Waals surface area (Å²) in [6, 6.07) is 14.3. The lowest BCUT2D eigenvalue weighted by atomic mass is 10.2. The number of para-hydroxylation sites is 2. The van der Waals surface area contributed by atoms with Crippen molar-refractivity contribution in [2.24, 2.45) is 0 Å². The molecule has 7 heteroatoms. The first-order valence-corrected chi connectivity index (χ1v) is 8.69. The van der Waals surface area contributed by atoms with Crippen LogP contribution in [0.15, 0.2) is 53.3 Å². The maximum atomic E-state index is 12.3. The van der Waals surface area contributed by atoms with Gasteiger partial charge in [0.05, 0.1) is 34.7 Å². The van der Waals surface area contributed by atoms with E-state index in [4.69, 9.17) is 11.6 Å². The van der Waals surface area contributed by atoms with E-state index in [2.05, 4.69) is 15.3 Å². The number of anilines is 1. The highest BCUT2D eigenvalue weighted by Gasteiger charge is 2.13. The second kappa shape index (κ2) is 8.12. The van der Waals surface area contributed by atoms with E-state index in [9.17, 15) is 9.59 Å². The van der Waals surface area contributed by atoms with Gasteiger partial charge in [-0.3, -0.25) is 14.5 Å². The van der Waals surface area contributed by atoms with Gasteiger partial charge in [0.25, 0.3) is 5.56 Å². The summed E-state index contributed by atoms with van der Waals surface area (Å²) in [4.78, 5) is 33.6. The number of H-pyrrole nitrogens is 1. The number of aromatic nitrogens is 2. The predicted molar refractivity (Wildman–Crippen MR) is 103 cm³/mol. The van der Waals surface area contributed by atoms with E-state index in [0.29, 0.717) is 40.5 Å². The first kappa shape index (κ1) is 18.1. The minimum Gasteiger partial charge on any atom is -0.324 e. The number of aromatic amines is 1. The predicted octanol–water partition coefficient (Wildman–Crippen LogP) is 3.04. The fourth-order valence-electron chi connectivity index (χ4n) is 2.66. The van der Waals surface area contributed by atoms with E-state index in [1.165, 1.54) is 0 Å². The number of carbonyl (C=O) groups excluding carboxylic acids is 1. The largest absolute Gasteiger partial charge is 0.324 e. The van der Waals surface area contributed by atoms with Gasteiger partial charge in [0.15, 0.2) is 0 Å². The number of benzene rings is 2. The molecule has 6 nitrogen and oxygen atoms in total. The Morgan fingerprint density at radius 1 is 1.19 bits per heavy atom. The maximum Gasteiger partial charge on any atom is 0.258 e. The number of amides is 1. The number of nitrogens with zero attached hydrogens (tertiary/aromatic N) is 2. The zero-order valence-corrected chi connectivity index (χ0v) is 15.1. The maximum absolute atomic E-state index is 12.3. The molecule has 0 saturated carbocycles. The van der Waals surface area contributed by atoms with E-state index in [1.807, 2.05) is 24.0 Å². The van der Waals surface area contributed by atoms with Gasteiger partial charge in [-0.2, -0.15) is 0 Å². The van der Waals surface area contributed by atoms with E-state index < -0.39 is 0 Å². The Labute approximate surface area is 155 Å². The summed E-state index contributed by atoms with van der Waals surface area (Å²) >= 11 is 6.06. The normalized spacial score (nSPS) is 11.0. The van der Waals surface area contributed by atoms with Crippen LogP contribution in [0.4, 0.5) is 5.69 Å². The Morgan fingerprint density at radius 3 is 2.69 bits per heavy atom. The van der Waals surface area contributed by atoms with Crippen molar-refractivity contribution in [3.05, 3.63) is 69.7 Å². The van der Waals surface area contributed by atoms with Crippen molar-refractivity contribution in [3.8, 4) is 0 Å². The highest BCUT2D eigenvalue weighted by Crippen LogP contribution is 2.20. The number of hydrogen-bond acceptors (Lipinski definition) is 4. The molecule has 1 amide bonds. The molecule has 0 atom stereocenters. The molecule has 3 aromatic rings. The van der Waals surface area contributed by atoms with Crippen molar-refractivity contribution >= 4 is 34.1 Å². The number of halogens is 1. The Hall–Kier alpha value is -2.70. The molecule has 0 aliphatic rings. The topological polar surface area (TPSA) is 78.1 Å². The molecule has 1 heterocycles. The standard InChI is InChI=1S/C19H19ClN4O2/c1-2-24(12-18(25)22-16-10-6-4-8-14(16)20)11-17-21-15-9-5-3-7-13(15)19(26)23-17/h3-10H,2,11-12H2,1H3,(H,22,25)(H,21,23,26). The van der Waals surface area contributed by atoms with Crippen LogP contribution in [0.1, 0.15) is 12.7 Å². The SMILES string of the molecule is CCN(CC(=O)Nc1ccccc1Cl)Cc1nc2ccccc2c(=O)[nH]1. The van der Waals surface area contributed by atoms with Crippen molar-refractivity contribution in [1.29, 1.82) is 0 Å². The lowest BCUT2D eigenvalue weighted by Crippen LogP contribution is -2.34. The van der Waals surface area contributed by atoms with Crippen molar-refractivity contribution in [2.45, 2.75) is 13.5 Å². The van der Waals surface area contributed by atoms with Crippen molar-refractivity contribution < 1.29 is 4.79 Å². The highest BCUT2D eigenvalue weighted by molar-refractivity contribution is 6.33. The number of hydrogen-bond donors (Lipinski definition) is 2. The molecule has 0 bridgehead atoms. The van der Waals surface area contributed by atoms with E-state index in [-0.39, 0.29) is 18.0 Å². The van der Waals surface area contributed by atoms with Crippen LogP contribution >= 0.6 is 11.6 Å². The summed E-state index contributed by atoms with van der Waals surface area (Å²) in [5.74, 6) is 0.351. The van der Waals surface area contributed by atoms with Crippen molar-refractivity contribution in [2.75, 3.05) is 18.4 Å². The van der Waals surface area contributed by atoms with Crippen molar-refractivity contribution in [1.82, 2.24) is 14.9 Å². The molecule has 0 aliphatic carbocycles. The van der Waals surface area contributed by atoms with Crippen LogP contribution in [-0.4, -0.2) is 33.9 Å². The zero-order chi connectivity index (χ0) is 18.5. The minimum absolute atomic E-state index is 0.165. The van der Waals surface area contributed by atoms with Crippen LogP contribution in [-0.2, 0) is 11.3 Å². The van der Waals surface area contributed by atoms with E-state index in [0.717, 1.165) is 0 Å². The lowest BCUT2D eigenvalue weighted by molar-refractivity contribution is -0.117. The van der Waals surface area contributed by atoms with E-state index >= 15 is 0 Å². The molecular weight excluding hydrogens is 352 g/mol. The van der Waals surface area contributed by atoms with Crippen molar-refractivity contribution in [3.63, 3.8) is 0 Å². The summed E-state index contributed by atoms with van der Waals surface area (Å²) < 4.78 is 0. The van der Waals surface area contributed by atoms with Gasteiger partial charge < -0.3 is 10.3 Å². The molecule has 0 aliphatic heterocycles. The van der Waals surface area contributed by atoms with Gasteiger partial charge >= 0.3 is 0 Å². The molecule has 3 rings (SSSR count). The molecule has 0 spiro atoms. The van der Waals surface area contributed by atoms with E-state index in [1.54, 1.807) is 36.4 Å². The molecule has 2 N–H and O–H groups in total. The fraction of sp³-hybridized carbons (Fsp3) is 0.211. The summed E-state index contributed by atoms with van der Waals surface area (Å²) in [7, 11) is 0. The number of fused-ring (bicyclic) bond motifs is 1. The smallest absolute Gasteiger partial charge is 0.258 e. The Balaban J connectivity index is 1.70. The molecule has 1 aromatic heterocycles. The average molecular weight is 371 g/mol. The zero-order valence-electron chi connectivity index (χ0n) is 14.3. The average Bonchev–Trinajstić information content (AvgIpc) is 2.63. The molecule has 0 unspecified atom stereocenters. The highest BCUT2D eigenvalue weighted by atomic mass is 35.5. The molecule has 26 heavy (non-hydrogen) atoms. The monoisotopic (exact) mass is 370 g/mol. The number of likely N-dealkylation sites (N-methyl/N-ethyl adjacent to an activating group) is 1. The van der Waals surface area contributed by atoms with Crippen LogP contribution in [0.5, 0.6) is 0 Å².